The molecule has 0 saturated carbocycles. The molecular weight excluding hydrogens is 527 g/mol. The predicted octanol–water partition coefficient (Wildman–Crippen LogP) is 1.52. The number of nitrogens with zero attached hydrogens (tertiary/aromatic N) is 1. The number of hydrogen-bond acceptors (Lipinski definition) is 7. The van der Waals surface area contributed by atoms with E-state index in [2.05, 4.69) is 10.3 Å². The van der Waals surface area contributed by atoms with Crippen molar-refractivity contribution in [1.82, 2.24) is 0 Å². The molecule has 194 valence electrons. The average molecular weight is 557 g/mol. The molecule has 0 heterocycles. The van der Waals surface area contributed by atoms with Gasteiger partial charge in [0.25, 0.3) is 20.2 Å². The molecule has 9 nitrogen and oxygen atoms in total. The van der Waals surface area contributed by atoms with Gasteiger partial charge in [-0.3, -0.25) is 14.1 Å². The number of aryl methyl sites for hydroxylation is 1. The molecule has 0 saturated heterocycles. The van der Waals surface area contributed by atoms with Crippen molar-refractivity contribution in [3.8, 4) is 5.75 Å². The van der Waals surface area contributed by atoms with Crippen molar-refractivity contribution in [1.29, 1.82) is 0 Å². The van der Waals surface area contributed by atoms with Gasteiger partial charge in [0.05, 0.1) is 5.71 Å². The molecule has 3 rings (SSSR count). The van der Waals surface area contributed by atoms with Crippen LogP contribution in [0.1, 0.15) is 38.9 Å². The Kier molecular flexibility index (Phi) is 10.1. The standard InChI is InChI=1S/C25H28N2O7S2.Na.H/c1-5-26-20-9-7-17(11-15(20)3)25(18-8-10-21(27-6-2)16(4)12-18)19-13-22(28)24(36(32,33)34)14-23(19)35(29,30)31;;/h7-14,26,28H,5-6H2,1-4H3,(H,29,30,31)(H,32,33,34);;/q;+1;-1/b25-18-,27-21?;;. The summed E-state index contributed by atoms with van der Waals surface area (Å²) in [5.41, 5.74) is 4.55. The van der Waals surface area contributed by atoms with Crippen molar-refractivity contribution < 1.29 is 62.0 Å². The summed E-state index contributed by atoms with van der Waals surface area (Å²) in [5.74, 6) is -0.868. The van der Waals surface area contributed by atoms with Crippen LogP contribution in [0.5, 0.6) is 5.75 Å². The van der Waals surface area contributed by atoms with Gasteiger partial charge in [-0.05, 0) is 92.0 Å². The van der Waals surface area contributed by atoms with Crippen LogP contribution in [0.2, 0.25) is 0 Å². The molecule has 0 aliphatic heterocycles. The number of aromatic hydroxyl groups is 1. The Morgan fingerprint density at radius 3 is 2.14 bits per heavy atom. The number of benzene rings is 2. The number of nitrogens with one attached hydrogen (secondary N) is 1. The number of allylic oxidation sites excluding steroid dienone is 5. The van der Waals surface area contributed by atoms with E-state index in [-0.39, 0.29) is 36.5 Å². The third kappa shape index (κ3) is 6.99. The maximum atomic E-state index is 12.4. The first-order chi connectivity index (χ1) is 16.8. The average Bonchev–Trinajstić information content (AvgIpc) is 2.76. The summed E-state index contributed by atoms with van der Waals surface area (Å²) in [7, 11) is -9.97. The summed E-state index contributed by atoms with van der Waals surface area (Å²) < 4.78 is 67.7. The fourth-order valence-corrected chi connectivity index (χ4v) is 5.38. The fraction of sp³-hybridized carbons (Fsp3) is 0.240. The zero-order chi connectivity index (χ0) is 26.8. The van der Waals surface area contributed by atoms with E-state index in [1.165, 1.54) is 0 Å². The van der Waals surface area contributed by atoms with Gasteiger partial charge in [-0.1, -0.05) is 12.1 Å². The topological polar surface area (TPSA) is 153 Å². The monoisotopic (exact) mass is 556 g/mol. The minimum absolute atomic E-state index is 0. The summed E-state index contributed by atoms with van der Waals surface area (Å²) in [6.45, 7) is 8.83. The van der Waals surface area contributed by atoms with E-state index in [9.17, 15) is 31.0 Å². The van der Waals surface area contributed by atoms with Crippen LogP contribution in [-0.4, -0.2) is 49.8 Å². The summed E-state index contributed by atoms with van der Waals surface area (Å²) >= 11 is 0. The van der Waals surface area contributed by atoms with Gasteiger partial charge in [0.2, 0.25) is 0 Å². The molecular formula is C25H29N2NaO7S2. The Morgan fingerprint density at radius 1 is 0.973 bits per heavy atom. The minimum atomic E-state index is -4.99. The van der Waals surface area contributed by atoms with Crippen LogP contribution in [0.4, 0.5) is 5.69 Å². The molecule has 4 N–H and O–H groups in total. The smallest absolute Gasteiger partial charge is 1.00 e. The zero-order valence-corrected chi connectivity index (χ0v) is 24.9. The summed E-state index contributed by atoms with van der Waals surface area (Å²) in [6.07, 6.45) is 5.29. The summed E-state index contributed by atoms with van der Waals surface area (Å²) in [5, 5.41) is 13.7. The van der Waals surface area contributed by atoms with Crippen molar-refractivity contribution >= 4 is 37.2 Å². The first-order valence-corrected chi connectivity index (χ1v) is 14.0. The third-order valence-electron chi connectivity index (χ3n) is 5.58. The van der Waals surface area contributed by atoms with Crippen LogP contribution in [-0.2, 0) is 20.2 Å². The van der Waals surface area contributed by atoms with Crippen molar-refractivity contribution in [2.45, 2.75) is 37.5 Å². The molecule has 0 radical (unpaired) electrons. The SMILES string of the molecule is CCN=C1C=C/C(=C(\c2ccc(NCC)c(C)c2)c2cc(O)c(S(=O)(=O)O)cc2S(=O)(=O)O)C=C1C.[H-].[Na+]. The number of aliphatic imine (C=N–C) groups is 1. The third-order valence-corrected chi connectivity index (χ3v) is 7.36. The van der Waals surface area contributed by atoms with Crippen molar-refractivity contribution in [2.75, 3.05) is 18.4 Å². The number of anilines is 1. The molecule has 1 aliphatic carbocycles. The minimum Gasteiger partial charge on any atom is -1.00 e. The second-order valence-corrected chi connectivity index (χ2v) is 11.0. The Balaban J connectivity index is 0.00000361. The normalized spacial score (nSPS) is 16.3. The van der Waals surface area contributed by atoms with Crippen molar-refractivity contribution in [3.63, 3.8) is 0 Å². The number of phenolic OH excluding ortho intramolecular Hbond substituents is 1. The number of hydrogen-bond donors (Lipinski definition) is 4. The molecule has 0 spiro atoms. The van der Waals surface area contributed by atoms with E-state index in [1.807, 2.05) is 39.8 Å². The summed E-state index contributed by atoms with van der Waals surface area (Å²) in [4.78, 5) is 2.60. The number of phenols is 1. The number of rotatable bonds is 7. The van der Waals surface area contributed by atoms with Crippen molar-refractivity contribution in [2.24, 2.45) is 4.99 Å². The Morgan fingerprint density at radius 2 is 1.62 bits per heavy atom. The molecule has 0 amide bonds. The molecule has 2 aromatic carbocycles. The Bertz CT molecular complexity index is 1560. The van der Waals surface area contributed by atoms with E-state index in [4.69, 9.17) is 0 Å². The van der Waals surface area contributed by atoms with Crippen LogP contribution < -0.4 is 34.9 Å². The molecule has 0 atom stereocenters. The summed E-state index contributed by atoms with van der Waals surface area (Å²) in [6, 6.07) is 6.84. The molecule has 0 bridgehead atoms. The largest absolute Gasteiger partial charge is 1.00 e. The van der Waals surface area contributed by atoms with Crippen LogP contribution in [0, 0.1) is 6.92 Å². The van der Waals surface area contributed by atoms with Gasteiger partial charge in [0.15, 0.2) is 0 Å². The van der Waals surface area contributed by atoms with Crippen molar-refractivity contribution in [3.05, 3.63) is 76.4 Å². The van der Waals surface area contributed by atoms with Crippen LogP contribution >= 0.6 is 0 Å². The second-order valence-electron chi connectivity index (χ2n) is 8.18. The first kappa shape index (κ1) is 31.0. The fourth-order valence-electron chi connectivity index (χ4n) is 4.01. The van der Waals surface area contributed by atoms with Gasteiger partial charge in [0.1, 0.15) is 15.5 Å². The Labute approximate surface area is 241 Å². The molecule has 2 aromatic rings. The maximum absolute atomic E-state index is 12.4. The molecule has 0 fully saturated rings. The van der Waals surface area contributed by atoms with Crippen LogP contribution in [0.3, 0.4) is 0 Å². The van der Waals surface area contributed by atoms with Crippen LogP contribution in [0.25, 0.3) is 5.57 Å². The molecule has 1 aliphatic rings. The van der Waals surface area contributed by atoms with E-state index in [0.717, 1.165) is 28.6 Å². The van der Waals surface area contributed by atoms with Gasteiger partial charge >= 0.3 is 29.6 Å². The Hall–Kier alpha value is -2.25. The van der Waals surface area contributed by atoms with Gasteiger partial charge in [-0.25, -0.2) is 0 Å². The molecule has 12 heteroatoms. The maximum Gasteiger partial charge on any atom is 1.00 e. The van der Waals surface area contributed by atoms with E-state index >= 15 is 0 Å². The molecule has 37 heavy (non-hydrogen) atoms. The van der Waals surface area contributed by atoms with Gasteiger partial charge in [0, 0.05) is 24.3 Å². The van der Waals surface area contributed by atoms with E-state index in [1.54, 1.807) is 24.3 Å². The van der Waals surface area contributed by atoms with Gasteiger partial charge < -0.3 is 11.8 Å². The van der Waals surface area contributed by atoms with Crippen LogP contribution in [0.15, 0.2) is 74.5 Å². The van der Waals surface area contributed by atoms with Gasteiger partial charge in [-0.15, -0.1) is 0 Å². The van der Waals surface area contributed by atoms with E-state index in [0.29, 0.717) is 35.9 Å². The molecule has 0 unspecified atom stereocenters. The quantitative estimate of drug-likeness (QED) is 0.296. The molecule has 0 aromatic heterocycles. The first-order valence-electron chi connectivity index (χ1n) is 11.1. The second kappa shape index (κ2) is 12.1. The zero-order valence-electron chi connectivity index (χ0n) is 22.3. The van der Waals surface area contributed by atoms with Gasteiger partial charge in [-0.2, -0.15) is 16.8 Å². The predicted molar refractivity (Wildman–Crippen MR) is 141 cm³/mol. The van der Waals surface area contributed by atoms with E-state index < -0.39 is 35.8 Å².